The summed E-state index contributed by atoms with van der Waals surface area (Å²) in [5.74, 6) is -0.629. The van der Waals surface area contributed by atoms with Crippen molar-refractivity contribution < 1.29 is 28.2 Å². The summed E-state index contributed by atoms with van der Waals surface area (Å²) in [6, 6.07) is 6.83. The fourth-order valence-electron chi connectivity index (χ4n) is 6.10. The van der Waals surface area contributed by atoms with Crippen LogP contribution in [-0.2, 0) is 9.59 Å². The summed E-state index contributed by atoms with van der Waals surface area (Å²) in [4.78, 5) is 30.1. The zero-order valence-corrected chi connectivity index (χ0v) is 20.0. The molecule has 1 aliphatic carbocycles. The van der Waals surface area contributed by atoms with Gasteiger partial charge in [0.05, 0.1) is 17.8 Å². The van der Waals surface area contributed by atoms with Crippen molar-refractivity contribution in [2.75, 3.05) is 13.1 Å². The fraction of sp³-hybridized carbons (Fsp3) is 0.560. The average Bonchev–Trinajstić information content (AvgIpc) is 3.34. The molecular weight excluding hydrogens is 472 g/mol. The first kappa shape index (κ1) is 24.5. The second kappa shape index (κ2) is 9.01. The molecule has 36 heavy (non-hydrogen) atoms. The van der Waals surface area contributed by atoms with Gasteiger partial charge in [-0.1, -0.05) is 19.9 Å². The van der Waals surface area contributed by atoms with E-state index >= 15 is 0 Å². The first-order valence-electron chi connectivity index (χ1n) is 12.1. The molecule has 1 aromatic carbocycles. The number of nitrogens with one attached hydrogen (secondary N) is 3. The van der Waals surface area contributed by atoms with Gasteiger partial charge in [0.1, 0.15) is 18.0 Å². The Hall–Kier alpha value is -3.23. The van der Waals surface area contributed by atoms with Crippen molar-refractivity contribution in [3.63, 3.8) is 0 Å². The predicted octanol–water partition coefficient (Wildman–Crippen LogP) is 2.25. The number of fused-ring (bicyclic) bond motifs is 2. The summed E-state index contributed by atoms with van der Waals surface area (Å²) < 4.78 is 30.3. The third-order valence-corrected chi connectivity index (χ3v) is 8.12. The second-order valence-corrected chi connectivity index (χ2v) is 10.5. The molecule has 6 atom stereocenters. The number of carbonyl (C=O) groups excluding carboxylic acids is 2. The highest BCUT2D eigenvalue weighted by Crippen LogP contribution is 2.65. The van der Waals surface area contributed by atoms with Gasteiger partial charge in [-0.05, 0) is 48.3 Å². The van der Waals surface area contributed by atoms with Crippen LogP contribution in [0, 0.1) is 34.5 Å². The Morgan fingerprint density at radius 3 is 2.86 bits per heavy atom. The lowest BCUT2D eigenvalue weighted by molar-refractivity contribution is -0.133. The standard InChI is InChI=1S/C25H29F2N5O4/c1-25(2)15-11-32(23(35)17-9-14-16(31-17)4-3-5-18(14)36-24(26)27)20(19(15)25)22(34)30-13(10-28)8-12-6-7-29-21(12)33/h3-5,9,12-13,15,19-20,23-24,31,35H,6-8,11H2,1-2H3,(H,29,33)(H,30,34)/t12-,13-,15-,19-,20-,23?/m0/s1. The molecular formula is C25H29F2N5O4. The van der Waals surface area contributed by atoms with E-state index in [0.29, 0.717) is 36.1 Å². The fourth-order valence-corrected chi connectivity index (χ4v) is 6.10. The van der Waals surface area contributed by atoms with E-state index in [0.717, 1.165) is 0 Å². The summed E-state index contributed by atoms with van der Waals surface area (Å²) in [6.07, 6.45) is -0.343. The van der Waals surface area contributed by atoms with E-state index in [1.807, 2.05) is 0 Å². The number of nitriles is 1. The van der Waals surface area contributed by atoms with E-state index in [1.165, 1.54) is 6.07 Å². The number of halogens is 2. The Kier molecular flexibility index (Phi) is 6.12. The van der Waals surface area contributed by atoms with Gasteiger partial charge in [0.25, 0.3) is 0 Å². The minimum atomic E-state index is -2.98. The molecule has 1 aromatic heterocycles. The second-order valence-electron chi connectivity index (χ2n) is 10.5. The molecule has 2 aliphatic heterocycles. The number of ether oxygens (including phenoxy) is 1. The molecule has 0 bridgehead atoms. The molecule has 2 amide bonds. The van der Waals surface area contributed by atoms with Crippen LogP contribution in [0.15, 0.2) is 24.3 Å². The Labute approximate surface area is 206 Å². The third kappa shape index (κ3) is 4.18. The lowest BCUT2D eigenvalue weighted by atomic mass is 9.97. The van der Waals surface area contributed by atoms with Crippen LogP contribution in [0.3, 0.4) is 0 Å². The SMILES string of the molecule is CC1(C)[C@@H]2[C@@H](C(=O)N[C@H](C#N)C[C@@H]3CCNC3=O)N(C(O)c3cc4c(OC(F)F)cccc4[nH]3)C[C@@H]21. The summed E-state index contributed by atoms with van der Waals surface area (Å²) in [5, 5.41) is 26.9. The number of nitrogens with zero attached hydrogens (tertiary/aromatic N) is 2. The van der Waals surface area contributed by atoms with Crippen LogP contribution in [-0.4, -0.2) is 58.6 Å². The lowest BCUT2D eigenvalue weighted by Crippen LogP contribution is -2.51. The Bertz CT molecular complexity index is 1220. The van der Waals surface area contributed by atoms with Crippen LogP contribution in [0.2, 0.25) is 0 Å². The number of aromatic nitrogens is 1. The first-order chi connectivity index (χ1) is 17.1. The number of aliphatic hydroxyl groups excluding tert-OH is 1. The average molecular weight is 502 g/mol. The van der Waals surface area contributed by atoms with E-state index in [1.54, 1.807) is 23.1 Å². The molecule has 1 unspecified atom stereocenters. The van der Waals surface area contributed by atoms with Crippen LogP contribution in [0.5, 0.6) is 5.75 Å². The molecule has 9 nitrogen and oxygen atoms in total. The van der Waals surface area contributed by atoms with Crippen LogP contribution in [0.25, 0.3) is 10.9 Å². The number of aromatic amines is 1. The molecule has 3 fully saturated rings. The van der Waals surface area contributed by atoms with E-state index in [9.17, 15) is 28.7 Å². The molecule has 5 rings (SSSR count). The molecule has 2 saturated heterocycles. The van der Waals surface area contributed by atoms with Gasteiger partial charge in [0.2, 0.25) is 11.8 Å². The van der Waals surface area contributed by atoms with Crippen molar-refractivity contribution in [3.8, 4) is 11.8 Å². The number of piperidine rings is 1. The quantitative estimate of drug-likeness (QED) is 0.439. The van der Waals surface area contributed by atoms with Gasteiger partial charge in [-0.2, -0.15) is 14.0 Å². The zero-order chi connectivity index (χ0) is 25.8. The van der Waals surface area contributed by atoms with Gasteiger partial charge in [-0.15, -0.1) is 0 Å². The van der Waals surface area contributed by atoms with Crippen LogP contribution in [0.4, 0.5) is 8.78 Å². The molecule has 2 aromatic rings. The molecule has 3 aliphatic rings. The van der Waals surface area contributed by atoms with Gasteiger partial charge in [-0.25, -0.2) is 0 Å². The maximum absolute atomic E-state index is 13.5. The van der Waals surface area contributed by atoms with Crippen molar-refractivity contribution in [3.05, 3.63) is 30.0 Å². The van der Waals surface area contributed by atoms with Gasteiger partial charge < -0.3 is 25.5 Å². The smallest absolute Gasteiger partial charge is 0.387 e. The van der Waals surface area contributed by atoms with E-state index in [2.05, 4.69) is 40.3 Å². The van der Waals surface area contributed by atoms with Crippen LogP contribution in [0.1, 0.15) is 38.6 Å². The van der Waals surface area contributed by atoms with Crippen molar-refractivity contribution in [1.29, 1.82) is 5.26 Å². The number of likely N-dealkylation sites (tertiary alicyclic amines) is 1. The number of rotatable bonds is 8. The molecule has 192 valence electrons. The number of benzene rings is 1. The largest absolute Gasteiger partial charge is 0.434 e. The molecule has 0 spiro atoms. The highest BCUT2D eigenvalue weighted by atomic mass is 19.3. The minimum absolute atomic E-state index is 0.00953. The van der Waals surface area contributed by atoms with E-state index in [4.69, 9.17) is 0 Å². The summed E-state index contributed by atoms with van der Waals surface area (Å²) in [5.41, 5.74) is 0.781. The molecule has 4 N–H and O–H groups in total. The summed E-state index contributed by atoms with van der Waals surface area (Å²) >= 11 is 0. The van der Waals surface area contributed by atoms with Gasteiger partial charge in [0.15, 0.2) is 0 Å². The maximum atomic E-state index is 13.5. The molecule has 3 heterocycles. The highest BCUT2D eigenvalue weighted by molar-refractivity contribution is 5.87. The lowest BCUT2D eigenvalue weighted by Gasteiger charge is -2.33. The number of carbonyl (C=O) groups is 2. The van der Waals surface area contributed by atoms with Gasteiger partial charge in [0, 0.05) is 29.9 Å². The Balaban J connectivity index is 1.36. The van der Waals surface area contributed by atoms with Gasteiger partial charge >= 0.3 is 6.61 Å². The van der Waals surface area contributed by atoms with E-state index in [-0.39, 0.29) is 47.2 Å². The highest BCUT2D eigenvalue weighted by Gasteiger charge is 2.69. The number of alkyl halides is 2. The number of H-pyrrole nitrogens is 1. The molecule has 11 heteroatoms. The zero-order valence-electron chi connectivity index (χ0n) is 20.0. The topological polar surface area (TPSA) is 130 Å². The Morgan fingerprint density at radius 1 is 1.42 bits per heavy atom. The van der Waals surface area contributed by atoms with Crippen molar-refractivity contribution in [2.24, 2.45) is 23.2 Å². The van der Waals surface area contributed by atoms with Crippen molar-refractivity contribution in [2.45, 2.75) is 51.6 Å². The molecule has 1 saturated carbocycles. The van der Waals surface area contributed by atoms with Gasteiger partial charge in [-0.3, -0.25) is 14.5 Å². The monoisotopic (exact) mass is 501 g/mol. The minimum Gasteiger partial charge on any atom is -0.434 e. The van der Waals surface area contributed by atoms with Crippen molar-refractivity contribution >= 4 is 22.7 Å². The van der Waals surface area contributed by atoms with Crippen LogP contribution >= 0.6 is 0 Å². The summed E-state index contributed by atoms with van der Waals surface area (Å²) in [7, 11) is 0. The molecule has 0 radical (unpaired) electrons. The number of hydrogen-bond acceptors (Lipinski definition) is 6. The summed E-state index contributed by atoms with van der Waals surface area (Å²) in [6.45, 7) is 2.20. The third-order valence-electron chi connectivity index (χ3n) is 8.12. The van der Waals surface area contributed by atoms with E-state index < -0.39 is 24.9 Å². The van der Waals surface area contributed by atoms with Crippen LogP contribution < -0.4 is 15.4 Å². The number of hydrogen-bond donors (Lipinski definition) is 4. The maximum Gasteiger partial charge on any atom is 0.387 e. The predicted molar refractivity (Wildman–Crippen MR) is 124 cm³/mol. The normalized spacial score (nSPS) is 28.4. The van der Waals surface area contributed by atoms with Crippen molar-refractivity contribution in [1.82, 2.24) is 20.5 Å². The number of aliphatic hydroxyl groups is 1. The number of amides is 2. The first-order valence-corrected chi connectivity index (χ1v) is 12.1. The Morgan fingerprint density at radius 2 is 2.19 bits per heavy atom.